The molecule has 0 aliphatic rings. The van der Waals surface area contributed by atoms with Crippen molar-refractivity contribution in [2.45, 2.75) is 19.3 Å². The van der Waals surface area contributed by atoms with E-state index >= 15 is 0 Å². The lowest BCUT2D eigenvalue weighted by molar-refractivity contribution is -0.163. The zero-order valence-corrected chi connectivity index (χ0v) is 10.2. The Morgan fingerprint density at radius 1 is 1.41 bits per heavy atom. The highest BCUT2D eigenvalue weighted by Gasteiger charge is 2.49. The first kappa shape index (κ1) is 14.0. The Labute approximate surface area is 103 Å². The summed E-state index contributed by atoms with van der Waals surface area (Å²) < 4.78 is 49.5. The molecule has 1 N–H and O–H groups in total. The van der Waals surface area contributed by atoms with Crippen molar-refractivity contribution in [1.29, 1.82) is 0 Å². The molecule has 0 saturated heterocycles. The second kappa shape index (κ2) is 5.03. The second-order valence-electron chi connectivity index (χ2n) is 3.36. The fraction of sp³-hybridized carbons (Fsp3) is 0.300. The largest absolute Gasteiger partial charge is 0.383 e. The van der Waals surface area contributed by atoms with Gasteiger partial charge in [-0.15, -0.1) is 0 Å². The van der Waals surface area contributed by atoms with Crippen molar-refractivity contribution in [3.05, 3.63) is 28.2 Å². The molecule has 0 radical (unpaired) electrons. The van der Waals surface area contributed by atoms with Crippen LogP contribution in [0.3, 0.4) is 0 Å². The first-order valence-corrected chi connectivity index (χ1v) is 5.28. The number of amides is 1. The molecule has 1 amide bonds. The van der Waals surface area contributed by atoms with Gasteiger partial charge in [0.15, 0.2) is 0 Å². The molecule has 0 saturated carbocycles. The van der Waals surface area contributed by atoms with E-state index in [4.69, 9.17) is 0 Å². The summed E-state index contributed by atoms with van der Waals surface area (Å²) in [6.45, 7) is 1.75. The van der Waals surface area contributed by atoms with Gasteiger partial charge < -0.3 is 5.32 Å². The third-order valence-electron chi connectivity index (χ3n) is 1.95. The summed E-state index contributed by atoms with van der Waals surface area (Å²) in [6, 6.07) is 4.47. The number of halogens is 5. The summed E-state index contributed by atoms with van der Waals surface area (Å²) in [7, 11) is 0. The maximum Gasteiger partial charge on any atom is 0.383 e. The Hall–Kier alpha value is -1.11. The highest BCUT2D eigenvalue weighted by atomic mass is 79.9. The van der Waals surface area contributed by atoms with Crippen LogP contribution in [0.5, 0.6) is 0 Å². The van der Waals surface area contributed by atoms with Gasteiger partial charge in [-0.1, -0.05) is 6.07 Å². The molecule has 2 nitrogen and oxygen atoms in total. The quantitative estimate of drug-likeness (QED) is 0.849. The molecule has 94 valence electrons. The van der Waals surface area contributed by atoms with Crippen molar-refractivity contribution in [1.82, 2.24) is 0 Å². The summed E-state index contributed by atoms with van der Waals surface area (Å²) in [5.74, 6) is -6.73. The van der Waals surface area contributed by atoms with Crippen LogP contribution in [0.4, 0.5) is 23.2 Å². The summed E-state index contributed by atoms with van der Waals surface area (Å²) in [5.41, 5.74) is 0.844. The van der Waals surface area contributed by atoms with Crippen molar-refractivity contribution in [3.8, 4) is 0 Å². The molecule has 0 fully saturated rings. The number of hydrogen-bond donors (Lipinski definition) is 1. The average molecular weight is 314 g/mol. The highest BCUT2D eigenvalue weighted by molar-refractivity contribution is 9.10. The fourth-order valence-electron chi connectivity index (χ4n) is 1.03. The van der Waals surface area contributed by atoms with Crippen LogP contribution in [0.25, 0.3) is 0 Å². The topological polar surface area (TPSA) is 29.1 Å². The minimum Gasteiger partial charge on any atom is -0.320 e. The third kappa shape index (κ3) is 3.18. The molecule has 1 aromatic carbocycles. The monoisotopic (exact) mass is 313 g/mol. The van der Waals surface area contributed by atoms with Crippen molar-refractivity contribution in [2.24, 2.45) is 0 Å². The van der Waals surface area contributed by atoms with Crippen LogP contribution in [0.1, 0.15) is 5.56 Å². The Morgan fingerprint density at radius 3 is 2.47 bits per heavy atom. The zero-order valence-electron chi connectivity index (χ0n) is 8.61. The molecular weight excluding hydrogens is 306 g/mol. The molecule has 0 atom stereocenters. The van der Waals surface area contributed by atoms with Gasteiger partial charge in [0.2, 0.25) is 0 Å². The molecule has 1 rings (SSSR count). The van der Waals surface area contributed by atoms with Crippen LogP contribution in [0.15, 0.2) is 22.7 Å². The van der Waals surface area contributed by atoms with Crippen LogP contribution < -0.4 is 5.32 Å². The van der Waals surface area contributed by atoms with Crippen molar-refractivity contribution < 1.29 is 22.4 Å². The maximum absolute atomic E-state index is 12.7. The van der Waals surface area contributed by atoms with Gasteiger partial charge in [-0.2, -0.15) is 8.78 Å². The molecular formula is C10H8BrF4NO. The van der Waals surface area contributed by atoms with E-state index in [1.807, 2.05) is 0 Å². The van der Waals surface area contributed by atoms with Gasteiger partial charge in [0.1, 0.15) is 0 Å². The Bertz CT molecular complexity index is 436. The number of rotatable bonds is 3. The maximum atomic E-state index is 12.7. The molecule has 0 bridgehead atoms. The van der Waals surface area contributed by atoms with Crippen LogP contribution in [0.2, 0.25) is 0 Å². The highest BCUT2D eigenvalue weighted by Crippen LogP contribution is 2.28. The standard InChI is InChI=1S/C10H8BrF4NO/c1-5-2-3-7(6(11)4-5)16-9(17)10(14,15)8(12)13/h2-4,8H,1H3,(H,16,17). The van der Waals surface area contributed by atoms with E-state index in [-0.39, 0.29) is 5.69 Å². The molecule has 7 heteroatoms. The van der Waals surface area contributed by atoms with E-state index in [0.29, 0.717) is 4.47 Å². The van der Waals surface area contributed by atoms with Crippen LogP contribution >= 0.6 is 15.9 Å². The average Bonchev–Trinajstić information content (AvgIpc) is 2.21. The van der Waals surface area contributed by atoms with Crippen LogP contribution in [-0.2, 0) is 4.79 Å². The Kier molecular flexibility index (Phi) is 4.13. The number of benzene rings is 1. The molecule has 1 aromatic rings. The normalized spacial score (nSPS) is 11.7. The van der Waals surface area contributed by atoms with E-state index in [9.17, 15) is 22.4 Å². The van der Waals surface area contributed by atoms with Gasteiger partial charge in [-0.3, -0.25) is 4.79 Å². The third-order valence-corrected chi connectivity index (χ3v) is 2.61. The molecule has 0 aromatic heterocycles. The molecule has 0 aliphatic heterocycles. The number of hydrogen-bond acceptors (Lipinski definition) is 1. The lowest BCUT2D eigenvalue weighted by Gasteiger charge is -2.15. The fourth-order valence-corrected chi connectivity index (χ4v) is 1.62. The van der Waals surface area contributed by atoms with E-state index in [0.717, 1.165) is 5.56 Å². The van der Waals surface area contributed by atoms with Gasteiger partial charge >= 0.3 is 18.3 Å². The first-order chi connectivity index (χ1) is 7.75. The Balaban J connectivity index is 2.89. The van der Waals surface area contributed by atoms with Gasteiger partial charge in [0.25, 0.3) is 0 Å². The zero-order chi connectivity index (χ0) is 13.2. The minimum absolute atomic E-state index is 0.0147. The molecule has 0 spiro atoms. The van der Waals surface area contributed by atoms with Crippen LogP contribution in [0, 0.1) is 6.92 Å². The lowest BCUT2D eigenvalue weighted by atomic mass is 10.2. The second-order valence-corrected chi connectivity index (χ2v) is 4.22. The first-order valence-electron chi connectivity index (χ1n) is 4.48. The molecule has 0 aliphatic carbocycles. The molecule has 0 unspecified atom stereocenters. The van der Waals surface area contributed by atoms with Crippen LogP contribution in [-0.4, -0.2) is 18.3 Å². The summed E-state index contributed by atoms with van der Waals surface area (Å²) in [5, 5.41) is 1.74. The summed E-state index contributed by atoms with van der Waals surface area (Å²) in [6.07, 6.45) is -4.04. The van der Waals surface area contributed by atoms with E-state index in [1.165, 1.54) is 6.07 Å². The minimum atomic E-state index is -4.70. The number of nitrogens with one attached hydrogen (secondary N) is 1. The lowest BCUT2D eigenvalue weighted by Crippen LogP contribution is -2.41. The smallest absolute Gasteiger partial charge is 0.320 e. The predicted octanol–water partition coefficient (Wildman–Crippen LogP) is 3.60. The summed E-state index contributed by atoms with van der Waals surface area (Å²) in [4.78, 5) is 11.0. The molecule has 17 heavy (non-hydrogen) atoms. The van der Waals surface area contributed by atoms with Gasteiger partial charge in [-0.05, 0) is 40.5 Å². The molecule has 0 heterocycles. The van der Waals surface area contributed by atoms with E-state index in [1.54, 1.807) is 24.4 Å². The summed E-state index contributed by atoms with van der Waals surface area (Å²) >= 11 is 3.03. The van der Waals surface area contributed by atoms with Crippen molar-refractivity contribution in [2.75, 3.05) is 5.32 Å². The van der Waals surface area contributed by atoms with E-state index < -0.39 is 18.3 Å². The predicted molar refractivity (Wildman–Crippen MR) is 58.5 cm³/mol. The number of aryl methyl sites for hydroxylation is 1. The van der Waals surface area contributed by atoms with Crippen molar-refractivity contribution >= 4 is 27.5 Å². The van der Waals surface area contributed by atoms with Gasteiger partial charge in [0.05, 0.1) is 5.69 Å². The number of carbonyl (C=O) groups excluding carboxylic acids is 1. The number of carbonyl (C=O) groups is 1. The Morgan fingerprint density at radius 2 is 2.00 bits per heavy atom. The SMILES string of the molecule is Cc1ccc(NC(=O)C(F)(F)C(F)F)c(Br)c1. The van der Waals surface area contributed by atoms with Gasteiger partial charge in [0, 0.05) is 4.47 Å². The van der Waals surface area contributed by atoms with Gasteiger partial charge in [-0.25, -0.2) is 8.78 Å². The van der Waals surface area contributed by atoms with E-state index in [2.05, 4.69) is 15.9 Å². The number of alkyl halides is 4. The number of anilines is 1. The van der Waals surface area contributed by atoms with Crippen molar-refractivity contribution in [3.63, 3.8) is 0 Å².